The number of nitrogens with zero attached hydrogens (tertiary/aromatic N) is 3. The molecule has 0 unspecified atom stereocenters. The summed E-state index contributed by atoms with van der Waals surface area (Å²) in [7, 11) is 3.46. The summed E-state index contributed by atoms with van der Waals surface area (Å²) in [6.45, 7) is 2.73. The van der Waals surface area contributed by atoms with Crippen molar-refractivity contribution in [2.24, 2.45) is 14.1 Å². The number of hydrogen-bond donors (Lipinski definition) is 1. The van der Waals surface area contributed by atoms with E-state index in [4.69, 9.17) is 16.3 Å². The maximum Gasteiger partial charge on any atom is 0.328 e. The first-order valence-corrected chi connectivity index (χ1v) is 7.94. The summed E-state index contributed by atoms with van der Waals surface area (Å²) >= 11 is 5.61. The van der Waals surface area contributed by atoms with Crippen molar-refractivity contribution in [3.8, 4) is 0 Å². The molecule has 23 heavy (non-hydrogen) atoms. The van der Waals surface area contributed by atoms with E-state index in [1.54, 1.807) is 23.2 Å². The number of alkyl halides is 1. The summed E-state index contributed by atoms with van der Waals surface area (Å²) < 4.78 is 8.56. The van der Waals surface area contributed by atoms with Gasteiger partial charge in [-0.2, -0.15) is 0 Å². The van der Waals surface area contributed by atoms with Crippen molar-refractivity contribution < 1.29 is 9.53 Å². The molecular formula is C15H19ClN4O3. The van der Waals surface area contributed by atoms with Gasteiger partial charge in [-0.3, -0.25) is 13.9 Å². The quantitative estimate of drug-likeness (QED) is 0.844. The van der Waals surface area contributed by atoms with Crippen LogP contribution in [0.4, 0.5) is 11.4 Å². The molecule has 7 nitrogen and oxygen atoms in total. The molecule has 0 bridgehead atoms. The first-order chi connectivity index (χ1) is 11.0. The van der Waals surface area contributed by atoms with E-state index in [0.29, 0.717) is 18.9 Å². The lowest BCUT2D eigenvalue weighted by Crippen LogP contribution is -2.36. The topological polar surface area (TPSA) is 68.5 Å². The summed E-state index contributed by atoms with van der Waals surface area (Å²) in [5.41, 5.74) is 3.02. The van der Waals surface area contributed by atoms with Crippen LogP contribution in [-0.4, -0.2) is 47.2 Å². The maximum absolute atomic E-state index is 12.1. The van der Waals surface area contributed by atoms with Gasteiger partial charge < -0.3 is 15.0 Å². The van der Waals surface area contributed by atoms with Crippen LogP contribution in [0.15, 0.2) is 16.9 Å². The molecule has 1 aromatic heterocycles. The van der Waals surface area contributed by atoms with E-state index >= 15 is 0 Å². The Kier molecular flexibility index (Phi) is 4.32. The minimum absolute atomic E-state index is 0.103. The Morgan fingerprint density at radius 3 is 2.43 bits per heavy atom. The number of fused-ring (bicyclic) bond motifs is 1. The molecule has 0 aliphatic carbocycles. The molecule has 1 N–H and O–H groups in total. The molecule has 0 saturated carbocycles. The van der Waals surface area contributed by atoms with Gasteiger partial charge in [-0.05, 0) is 12.1 Å². The minimum Gasteiger partial charge on any atom is -0.378 e. The number of benzene rings is 1. The number of rotatable bonds is 3. The third kappa shape index (κ3) is 2.82. The Morgan fingerprint density at radius 2 is 1.83 bits per heavy atom. The van der Waals surface area contributed by atoms with Gasteiger partial charge in [-0.25, -0.2) is 4.79 Å². The summed E-state index contributed by atoms with van der Waals surface area (Å²) in [4.78, 5) is 26.0. The molecule has 8 heteroatoms. The molecular weight excluding hydrogens is 320 g/mol. The molecule has 1 fully saturated rings. The monoisotopic (exact) mass is 338 g/mol. The second-order valence-corrected chi connectivity index (χ2v) is 5.81. The normalized spacial score (nSPS) is 15.2. The van der Waals surface area contributed by atoms with Crippen molar-refractivity contribution in [2.45, 2.75) is 0 Å². The highest BCUT2D eigenvalue weighted by atomic mass is 35.5. The summed E-state index contributed by atoms with van der Waals surface area (Å²) in [5, 5.41) is 2.83. The number of ether oxygens (including phenoxy) is 1. The van der Waals surface area contributed by atoms with Gasteiger partial charge in [0.1, 0.15) is 5.88 Å². The third-order valence-corrected chi connectivity index (χ3v) is 4.38. The maximum atomic E-state index is 12.1. The fourth-order valence-corrected chi connectivity index (χ4v) is 2.95. The summed E-state index contributed by atoms with van der Waals surface area (Å²) in [5.74, 6) is -0.393. The molecule has 0 spiro atoms. The summed E-state index contributed by atoms with van der Waals surface area (Å²) in [6.07, 6.45) is 0. The fourth-order valence-electron chi connectivity index (χ4n) is 2.88. The molecule has 1 saturated heterocycles. The Morgan fingerprint density at radius 1 is 1.22 bits per heavy atom. The van der Waals surface area contributed by atoms with E-state index in [1.807, 2.05) is 12.1 Å². The highest BCUT2D eigenvalue weighted by Gasteiger charge is 2.19. The number of imidazole rings is 1. The molecule has 0 atom stereocenters. The predicted molar refractivity (Wildman–Crippen MR) is 90.5 cm³/mol. The van der Waals surface area contributed by atoms with Gasteiger partial charge in [0, 0.05) is 27.2 Å². The van der Waals surface area contributed by atoms with E-state index in [1.165, 1.54) is 0 Å². The molecule has 124 valence electrons. The molecule has 1 aliphatic heterocycles. The Hall–Kier alpha value is -1.99. The Labute approximate surface area is 138 Å². The fraction of sp³-hybridized carbons (Fsp3) is 0.467. The van der Waals surface area contributed by atoms with Crippen molar-refractivity contribution in [3.05, 3.63) is 22.6 Å². The molecule has 2 heterocycles. The van der Waals surface area contributed by atoms with E-state index in [9.17, 15) is 9.59 Å². The van der Waals surface area contributed by atoms with Gasteiger partial charge in [0.15, 0.2) is 0 Å². The van der Waals surface area contributed by atoms with Crippen LogP contribution in [0.1, 0.15) is 0 Å². The van der Waals surface area contributed by atoms with Crippen molar-refractivity contribution >= 4 is 39.9 Å². The molecule has 1 aromatic carbocycles. The highest BCUT2D eigenvalue weighted by Crippen LogP contribution is 2.31. The van der Waals surface area contributed by atoms with Gasteiger partial charge >= 0.3 is 5.69 Å². The number of amides is 1. The molecule has 2 aromatic rings. The van der Waals surface area contributed by atoms with Crippen LogP contribution in [0.25, 0.3) is 11.0 Å². The Balaban J connectivity index is 2.17. The number of anilines is 2. The largest absolute Gasteiger partial charge is 0.378 e. The summed E-state index contributed by atoms with van der Waals surface area (Å²) in [6, 6.07) is 3.76. The number of nitrogens with one attached hydrogen (secondary N) is 1. The number of carbonyl (C=O) groups excluding carboxylic acids is 1. The van der Waals surface area contributed by atoms with Crippen LogP contribution in [0.5, 0.6) is 0 Å². The van der Waals surface area contributed by atoms with Crippen molar-refractivity contribution in [1.82, 2.24) is 9.13 Å². The number of carbonyl (C=O) groups is 1. The van der Waals surface area contributed by atoms with Gasteiger partial charge in [0.2, 0.25) is 5.91 Å². The van der Waals surface area contributed by atoms with E-state index in [0.717, 1.165) is 29.8 Å². The first kappa shape index (κ1) is 15.9. The Bertz CT molecular complexity index is 805. The number of morpholine rings is 1. The molecule has 1 amide bonds. The zero-order valence-corrected chi connectivity index (χ0v) is 13.9. The number of aromatic nitrogens is 2. The van der Waals surface area contributed by atoms with Crippen LogP contribution < -0.4 is 15.9 Å². The lowest BCUT2D eigenvalue weighted by molar-refractivity contribution is -0.113. The van der Waals surface area contributed by atoms with E-state index in [2.05, 4.69) is 10.2 Å². The zero-order valence-electron chi connectivity index (χ0n) is 13.1. The standard InChI is InChI=1S/C15H19ClN4O3/c1-18-12-7-10(17-14(21)9-16)11(20-3-5-23-6-4-20)8-13(12)19(2)15(18)22/h7-8H,3-6,9H2,1-2H3,(H,17,21). The minimum atomic E-state index is -0.276. The van der Waals surface area contributed by atoms with Gasteiger partial charge in [0.25, 0.3) is 0 Å². The highest BCUT2D eigenvalue weighted by molar-refractivity contribution is 6.29. The van der Waals surface area contributed by atoms with E-state index in [-0.39, 0.29) is 17.5 Å². The van der Waals surface area contributed by atoms with Crippen molar-refractivity contribution in [1.29, 1.82) is 0 Å². The number of aryl methyl sites for hydroxylation is 2. The van der Waals surface area contributed by atoms with Crippen LogP contribution >= 0.6 is 11.6 Å². The van der Waals surface area contributed by atoms with Crippen LogP contribution in [0, 0.1) is 0 Å². The first-order valence-electron chi connectivity index (χ1n) is 7.41. The third-order valence-electron chi connectivity index (χ3n) is 4.14. The second-order valence-electron chi connectivity index (χ2n) is 5.54. The number of halogens is 1. The van der Waals surface area contributed by atoms with Gasteiger partial charge in [0.05, 0.1) is 35.6 Å². The lowest BCUT2D eigenvalue weighted by Gasteiger charge is -2.30. The van der Waals surface area contributed by atoms with Crippen molar-refractivity contribution in [2.75, 3.05) is 42.4 Å². The van der Waals surface area contributed by atoms with Crippen molar-refractivity contribution in [3.63, 3.8) is 0 Å². The smallest absolute Gasteiger partial charge is 0.328 e. The second kappa shape index (κ2) is 6.25. The lowest BCUT2D eigenvalue weighted by atomic mass is 10.2. The predicted octanol–water partition coefficient (Wildman–Crippen LogP) is 0.891. The average Bonchev–Trinajstić information content (AvgIpc) is 2.79. The van der Waals surface area contributed by atoms with Crippen LogP contribution in [0.3, 0.4) is 0 Å². The molecule has 0 radical (unpaired) electrons. The molecule has 3 rings (SSSR count). The zero-order chi connectivity index (χ0) is 16.6. The average molecular weight is 339 g/mol. The number of hydrogen-bond acceptors (Lipinski definition) is 4. The molecule has 1 aliphatic rings. The van der Waals surface area contributed by atoms with Gasteiger partial charge in [-0.15, -0.1) is 11.6 Å². The van der Waals surface area contributed by atoms with Crippen LogP contribution in [-0.2, 0) is 23.6 Å². The van der Waals surface area contributed by atoms with E-state index < -0.39 is 0 Å². The van der Waals surface area contributed by atoms with Gasteiger partial charge in [-0.1, -0.05) is 0 Å². The van der Waals surface area contributed by atoms with Crippen LogP contribution in [0.2, 0.25) is 0 Å². The SMILES string of the molecule is Cn1c(=O)n(C)c2cc(N3CCOCC3)c(NC(=O)CCl)cc21.